The quantitative estimate of drug-likeness (QED) is 0.574. The Morgan fingerprint density at radius 1 is 1.00 bits per heavy atom. The Balaban J connectivity index is 3.39. The van der Waals surface area contributed by atoms with E-state index in [-0.39, 0.29) is 0 Å². The van der Waals surface area contributed by atoms with E-state index in [2.05, 4.69) is 9.98 Å². The van der Waals surface area contributed by atoms with Crippen LogP contribution in [0.15, 0.2) is 22.1 Å². The van der Waals surface area contributed by atoms with E-state index in [4.69, 9.17) is 0 Å². The highest BCUT2D eigenvalue weighted by molar-refractivity contribution is 5.45. The van der Waals surface area contributed by atoms with Crippen LogP contribution in [-0.4, -0.2) is 12.2 Å². The second-order valence-corrected chi connectivity index (χ2v) is 3.63. The highest BCUT2D eigenvalue weighted by atomic mass is 16.1. The number of rotatable bonds is 3. The SMILES string of the molecule is Cc1cc(C)c(C(N=C=O)N=C=O)c(C)c1. The van der Waals surface area contributed by atoms with Crippen LogP contribution in [0, 0.1) is 20.8 Å². The molecule has 0 amide bonds. The fourth-order valence-electron chi connectivity index (χ4n) is 1.86. The molecular formula is C12H12N2O2. The fraction of sp³-hybridized carbons (Fsp3) is 0.333. The first-order valence-electron chi connectivity index (χ1n) is 4.82. The molecule has 0 aliphatic heterocycles. The highest BCUT2D eigenvalue weighted by Crippen LogP contribution is 2.26. The van der Waals surface area contributed by atoms with Crippen LogP contribution in [0.1, 0.15) is 28.4 Å². The van der Waals surface area contributed by atoms with Crippen LogP contribution in [-0.2, 0) is 9.59 Å². The number of nitrogens with zero attached hydrogens (tertiary/aromatic N) is 2. The lowest BCUT2D eigenvalue weighted by Crippen LogP contribution is -1.99. The molecule has 0 spiro atoms. The number of benzene rings is 1. The van der Waals surface area contributed by atoms with Gasteiger partial charge in [-0.2, -0.15) is 9.98 Å². The minimum atomic E-state index is -0.824. The second-order valence-electron chi connectivity index (χ2n) is 3.63. The van der Waals surface area contributed by atoms with Crippen LogP contribution in [0.3, 0.4) is 0 Å². The molecule has 4 heteroatoms. The molecule has 0 aliphatic carbocycles. The summed E-state index contributed by atoms with van der Waals surface area (Å²) in [5.41, 5.74) is 3.76. The zero-order valence-electron chi connectivity index (χ0n) is 9.44. The Morgan fingerprint density at radius 2 is 1.44 bits per heavy atom. The summed E-state index contributed by atoms with van der Waals surface area (Å²) >= 11 is 0. The summed E-state index contributed by atoms with van der Waals surface area (Å²) in [7, 11) is 0. The van der Waals surface area contributed by atoms with E-state index in [9.17, 15) is 9.59 Å². The fourth-order valence-corrected chi connectivity index (χ4v) is 1.86. The van der Waals surface area contributed by atoms with Crippen molar-refractivity contribution in [3.8, 4) is 0 Å². The number of isocyanates is 2. The third-order valence-corrected chi connectivity index (χ3v) is 2.35. The van der Waals surface area contributed by atoms with Gasteiger partial charge in [0, 0.05) is 5.56 Å². The van der Waals surface area contributed by atoms with Gasteiger partial charge >= 0.3 is 0 Å². The summed E-state index contributed by atoms with van der Waals surface area (Å²) < 4.78 is 0. The molecule has 0 saturated heterocycles. The monoisotopic (exact) mass is 216 g/mol. The average Bonchev–Trinajstić information content (AvgIpc) is 2.16. The molecule has 4 nitrogen and oxygen atoms in total. The maximum absolute atomic E-state index is 10.3. The molecule has 0 atom stereocenters. The first kappa shape index (κ1) is 12.1. The lowest BCUT2D eigenvalue weighted by Gasteiger charge is -2.12. The van der Waals surface area contributed by atoms with Crippen molar-refractivity contribution in [3.63, 3.8) is 0 Å². The summed E-state index contributed by atoms with van der Waals surface area (Å²) in [4.78, 5) is 27.5. The molecule has 1 aromatic rings. The molecule has 16 heavy (non-hydrogen) atoms. The molecule has 0 heterocycles. The van der Waals surface area contributed by atoms with Crippen molar-refractivity contribution in [1.82, 2.24) is 0 Å². The average molecular weight is 216 g/mol. The summed E-state index contributed by atoms with van der Waals surface area (Å²) in [6, 6.07) is 3.91. The summed E-state index contributed by atoms with van der Waals surface area (Å²) in [5, 5.41) is 0. The third kappa shape index (κ3) is 2.51. The van der Waals surface area contributed by atoms with Crippen molar-refractivity contribution >= 4 is 12.2 Å². The number of hydrogen-bond donors (Lipinski definition) is 0. The van der Waals surface area contributed by atoms with Crippen molar-refractivity contribution < 1.29 is 9.59 Å². The van der Waals surface area contributed by atoms with Crippen LogP contribution in [0.2, 0.25) is 0 Å². The Kier molecular flexibility index (Phi) is 3.90. The van der Waals surface area contributed by atoms with Gasteiger partial charge in [-0.1, -0.05) is 17.7 Å². The lowest BCUT2D eigenvalue weighted by atomic mass is 9.98. The van der Waals surface area contributed by atoms with Gasteiger partial charge in [-0.05, 0) is 31.9 Å². The van der Waals surface area contributed by atoms with Gasteiger partial charge in [0.05, 0.1) is 0 Å². The molecule has 0 fully saturated rings. The Bertz CT molecular complexity index is 455. The van der Waals surface area contributed by atoms with Crippen molar-refractivity contribution in [2.45, 2.75) is 26.9 Å². The van der Waals surface area contributed by atoms with E-state index >= 15 is 0 Å². The lowest BCUT2D eigenvalue weighted by molar-refractivity contribution is 0.551. The molecule has 0 N–H and O–H groups in total. The van der Waals surface area contributed by atoms with Gasteiger partial charge in [-0.3, -0.25) is 0 Å². The van der Waals surface area contributed by atoms with Crippen molar-refractivity contribution in [2.24, 2.45) is 9.98 Å². The van der Waals surface area contributed by atoms with Crippen LogP contribution in [0.5, 0.6) is 0 Å². The second kappa shape index (κ2) is 5.17. The Hall–Kier alpha value is -2.02. The predicted molar refractivity (Wildman–Crippen MR) is 59.6 cm³/mol. The molecule has 1 aromatic carbocycles. The minimum Gasteiger partial charge on any atom is -0.211 e. The Morgan fingerprint density at radius 3 is 1.81 bits per heavy atom. The van der Waals surface area contributed by atoms with E-state index in [1.807, 2.05) is 32.9 Å². The maximum Gasteiger partial charge on any atom is 0.237 e. The van der Waals surface area contributed by atoms with Crippen molar-refractivity contribution in [2.75, 3.05) is 0 Å². The molecular weight excluding hydrogens is 204 g/mol. The molecule has 1 rings (SSSR count). The number of carbonyl (C=O) groups excluding carboxylic acids is 2. The van der Waals surface area contributed by atoms with Gasteiger partial charge in [-0.25, -0.2) is 9.59 Å². The van der Waals surface area contributed by atoms with E-state index in [0.29, 0.717) is 0 Å². The van der Waals surface area contributed by atoms with Crippen LogP contribution in [0.25, 0.3) is 0 Å². The first-order chi connectivity index (χ1) is 7.60. The molecule has 0 radical (unpaired) electrons. The zero-order chi connectivity index (χ0) is 12.1. The topological polar surface area (TPSA) is 58.9 Å². The summed E-state index contributed by atoms with van der Waals surface area (Å²) in [5.74, 6) is 0. The number of aryl methyl sites for hydroxylation is 3. The minimum absolute atomic E-state index is 0.761. The normalized spacial score (nSPS) is 11.2. The highest BCUT2D eigenvalue weighted by Gasteiger charge is 2.14. The van der Waals surface area contributed by atoms with E-state index in [1.54, 1.807) is 0 Å². The first-order valence-corrected chi connectivity index (χ1v) is 4.82. The largest absolute Gasteiger partial charge is 0.237 e. The van der Waals surface area contributed by atoms with Gasteiger partial charge < -0.3 is 0 Å². The van der Waals surface area contributed by atoms with E-state index in [0.717, 1.165) is 22.3 Å². The maximum atomic E-state index is 10.3. The van der Waals surface area contributed by atoms with Crippen LogP contribution < -0.4 is 0 Å². The van der Waals surface area contributed by atoms with Gasteiger partial charge in [0.2, 0.25) is 12.2 Å². The predicted octanol–water partition coefficient (Wildman–Crippen LogP) is 2.28. The number of aliphatic imine (C=N–C) groups is 2. The van der Waals surface area contributed by atoms with Crippen molar-refractivity contribution in [1.29, 1.82) is 0 Å². The van der Waals surface area contributed by atoms with Crippen LogP contribution >= 0.6 is 0 Å². The van der Waals surface area contributed by atoms with Crippen LogP contribution in [0.4, 0.5) is 0 Å². The van der Waals surface area contributed by atoms with Gasteiger partial charge in [0.1, 0.15) is 0 Å². The smallest absolute Gasteiger partial charge is 0.211 e. The summed E-state index contributed by atoms with van der Waals surface area (Å²) in [6.07, 6.45) is 2.02. The molecule has 0 unspecified atom stereocenters. The van der Waals surface area contributed by atoms with E-state index in [1.165, 1.54) is 12.2 Å². The zero-order valence-corrected chi connectivity index (χ0v) is 9.44. The Labute approximate surface area is 93.7 Å². The van der Waals surface area contributed by atoms with Crippen molar-refractivity contribution in [3.05, 3.63) is 34.4 Å². The third-order valence-electron chi connectivity index (χ3n) is 2.35. The molecule has 0 saturated carbocycles. The van der Waals surface area contributed by atoms with Gasteiger partial charge in [-0.15, -0.1) is 0 Å². The number of hydrogen-bond acceptors (Lipinski definition) is 4. The molecule has 0 bridgehead atoms. The molecule has 0 aromatic heterocycles. The van der Waals surface area contributed by atoms with Gasteiger partial charge in [0.25, 0.3) is 0 Å². The van der Waals surface area contributed by atoms with E-state index < -0.39 is 6.17 Å². The standard InChI is InChI=1S/C12H12N2O2/c1-8-4-9(2)11(10(3)5-8)12(13-6-15)14-7-16/h4-5,12H,1-3H3. The molecule has 82 valence electrons. The molecule has 0 aliphatic rings. The van der Waals surface area contributed by atoms with Gasteiger partial charge in [0.15, 0.2) is 6.17 Å². The summed E-state index contributed by atoms with van der Waals surface area (Å²) in [6.45, 7) is 5.76.